The van der Waals surface area contributed by atoms with E-state index < -0.39 is 0 Å². The van der Waals surface area contributed by atoms with Crippen LogP contribution in [0.5, 0.6) is 0 Å². The normalized spacial score (nSPS) is 45.7. The Morgan fingerprint density at radius 2 is 1.87 bits per heavy atom. The van der Waals surface area contributed by atoms with Crippen LogP contribution in [0, 0.1) is 5.41 Å². The topological polar surface area (TPSA) is 36.9 Å². The summed E-state index contributed by atoms with van der Waals surface area (Å²) in [7, 11) is 0. The van der Waals surface area contributed by atoms with E-state index in [0.29, 0.717) is 19.2 Å². The summed E-state index contributed by atoms with van der Waals surface area (Å²) in [6, 6.07) is 0. The Bertz CT molecular complexity index is 412. The fourth-order valence-corrected chi connectivity index (χ4v) is 2.92. The number of ether oxygens (including phenoxy) is 4. The minimum atomic E-state index is -0.283. The molecule has 0 N–H and O–H groups in total. The molecule has 0 aromatic carbocycles. The Hall–Kier alpha value is -1.00. The third-order valence-corrected chi connectivity index (χ3v) is 3.79. The van der Waals surface area contributed by atoms with Gasteiger partial charge in [-0.1, -0.05) is 0 Å². The highest BCUT2D eigenvalue weighted by Gasteiger charge is 2.64. The molecule has 15 heavy (non-hydrogen) atoms. The van der Waals surface area contributed by atoms with Crippen molar-refractivity contribution < 1.29 is 18.9 Å². The second-order valence-electron chi connectivity index (χ2n) is 4.69. The van der Waals surface area contributed by atoms with Crippen LogP contribution in [0.4, 0.5) is 0 Å². The third kappa shape index (κ3) is 0.712. The monoisotopic (exact) mass is 208 g/mol. The fourth-order valence-electron chi connectivity index (χ4n) is 2.92. The van der Waals surface area contributed by atoms with Crippen molar-refractivity contribution in [3.8, 4) is 0 Å². The summed E-state index contributed by atoms with van der Waals surface area (Å²) in [6.45, 7) is 5.25. The molecule has 80 valence electrons. The zero-order valence-corrected chi connectivity index (χ0v) is 8.70. The van der Waals surface area contributed by atoms with Crippen molar-refractivity contribution in [3.05, 3.63) is 22.9 Å². The summed E-state index contributed by atoms with van der Waals surface area (Å²) in [5, 5.41) is 0. The predicted molar refractivity (Wildman–Crippen MR) is 49.5 cm³/mol. The molecule has 0 aromatic rings. The first-order chi connectivity index (χ1) is 7.22. The maximum absolute atomic E-state index is 5.84. The zero-order chi connectivity index (χ0) is 10.2. The van der Waals surface area contributed by atoms with Gasteiger partial charge in [-0.25, -0.2) is 0 Å². The van der Waals surface area contributed by atoms with Crippen LogP contribution in [0.3, 0.4) is 0 Å². The van der Waals surface area contributed by atoms with Crippen molar-refractivity contribution in [3.63, 3.8) is 0 Å². The maximum atomic E-state index is 5.84. The lowest BCUT2D eigenvalue weighted by Gasteiger charge is -2.57. The highest BCUT2D eigenvalue weighted by molar-refractivity contribution is 5.41. The Balaban J connectivity index is 1.96. The van der Waals surface area contributed by atoms with E-state index in [-0.39, 0.29) is 17.8 Å². The number of hydrogen-bond acceptors (Lipinski definition) is 4. The van der Waals surface area contributed by atoms with E-state index in [2.05, 4.69) is 0 Å². The van der Waals surface area contributed by atoms with Crippen LogP contribution in [0.25, 0.3) is 0 Å². The number of hydrogen-bond donors (Lipinski definition) is 0. The molecular weight excluding hydrogens is 196 g/mol. The van der Waals surface area contributed by atoms with E-state index in [1.807, 2.05) is 13.8 Å². The van der Waals surface area contributed by atoms with Crippen LogP contribution < -0.4 is 0 Å². The molecule has 1 aliphatic carbocycles. The third-order valence-electron chi connectivity index (χ3n) is 3.79. The molecule has 1 spiro atoms. The van der Waals surface area contributed by atoms with Gasteiger partial charge in [0, 0.05) is 5.57 Å². The van der Waals surface area contributed by atoms with E-state index in [0.717, 1.165) is 11.3 Å². The lowest BCUT2D eigenvalue weighted by molar-refractivity contribution is -0.282. The van der Waals surface area contributed by atoms with Gasteiger partial charge in [-0.05, 0) is 13.8 Å². The van der Waals surface area contributed by atoms with E-state index >= 15 is 0 Å². The van der Waals surface area contributed by atoms with Crippen LogP contribution in [0.2, 0.25) is 0 Å². The summed E-state index contributed by atoms with van der Waals surface area (Å²) >= 11 is 0. The van der Waals surface area contributed by atoms with Gasteiger partial charge in [0.2, 0.25) is 0 Å². The van der Waals surface area contributed by atoms with Crippen LogP contribution in [0.1, 0.15) is 13.8 Å². The van der Waals surface area contributed by atoms with Crippen LogP contribution >= 0.6 is 0 Å². The molecule has 1 atom stereocenters. The van der Waals surface area contributed by atoms with E-state index in [1.54, 1.807) is 0 Å². The first-order valence-electron chi connectivity index (χ1n) is 5.22. The summed E-state index contributed by atoms with van der Waals surface area (Å²) in [4.78, 5) is 0. The molecule has 2 fully saturated rings. The SMILES string of the molecule is CC1=C2OC3=C(C)C(O2)C32COC1OC2. The van der Waals surface area contributed by atoms with Crippen molar-refractivity contribution in [2.45, 2.75) is 26.2 Å². The van der Waals surface area contributed by atoms with Crippen molar-refractivity contribution in [2.75, 3.05) is 13.2 Å². The van der Waals surface area contributed by atoms with Gasteiger partial charge in [-0.3, -0.25) is 0 Å². The molecule has 5 bridgehead atoms. The van der Waals surface area contributed by atoms with E-state index in [9.17, 15) is 0 Å². The summed E-state index contributed by atoms with van der Waals surface area (Å²) in [5.41, 5.74) is 1.92. The zero-order valence-electron chi connectivity index (χ0n) is 8.70. The molecule has 0 amide bonds. The summed E-state index contributed by atoms with van der Waals surface area (Å²) in [6.07, 6.45) is -0.193. The molecule has 1 unspecified atom stereocenters. The first-order valence-corrected chi connectivity index (χ1v) is 5.22. The van der Waals surface area contributed by atoms with Gasteiger partial charge in [-0.15, -0.1) is 0 Å². The minimum Gasteiger partial charge on any atom is -0.456 e. The Morgan fingerprint density at radius 3 is 2.47 bits per heavy atom. The second kappa shape index (κ2) is 2.23. The Kier molecular flexibility index (Phi) is 1.21. The Labute approximate surface area is 87.4 Å². The second-order valence-corrected chi connectivity index (χ2v) is 4.69. The van der Waals surface area contributed by atoms with Crippen LogP contribution in [-0.4, -0.2) is 25.6 Å². The van der Waals surface area contributed by atoms with Crippen molar-refractivity contribution in [1.82, 2.24) is 0 Å². The molecule has 2 saturated heterocycles. The molecule has 8 aliphatic rings. The fraction of sp³-hybridized carbons (Fsp3) is 0.636. The molecule has 8 rings (SSSR count). The van der Waals surface area contributed by atoms with Crippen molar-refractivity contribution in [2.24, 2.45) is 5.41 Å². The molecule has 7 aliphatic heterocycles. The molecule has 4 nitrogen and oxygen atoms in total. The summed E-state index contributed by atoms with van der Waals surface area (Å²) < 4.78 is 23.0. The predicted octanol–water partition coefficient (Wildman–Crippen LogP) is 1.29. The van der Waals surface area contributed by atoms with E-state index in [4.69, 9.17) is 18.9 Å². The maximum Gasteiger partial charge on any atom is 0.289 e. The first kappa shape index (κ1) is 8.19. The van der Waals surface area contributed by atoms with Crippen LogP contribution in [0.15, 0.2) is 22.9 Å². The molecule has 0 saturated carbocycles. The minimum absolute atomic E-state index is 0.0902. The molecule has 0 radical (unpaired) electrons. The smallest absolute Gasteiger partial charge is 0.289 e. The van der Waals surface area contributed by atoms with E-state index in [1.165, 1.54) is 5.57 Å². The quantitative estimate of drug-likeness (QED) is 0.601. The van der Waals surface area contributed by atoms with Gasteiger partial charge in [0.15, 0.2) is 6.29 Å². The lowest BCUT2D eigenvalue weighted by atomic mass is 9.66. The average Bonchev–Trinajstić information content (AvgIpc) is 2.28. The average molecular weight is 208 g/mol. The van der Waals surface area contributed by atoms with Gasteiger partial charge >= 0.3 is 0 Å². The summed E-state index contributed by atoms with van der Waals surface area (Å²) in [5.74, 6) is 1.59. The number of rotatable bonds is 0. The van der Waals surface area contributed by atoms with Gasteiger partial charge in [0.25, 0.3) is 5.95 Å². The van der Waals surface area contributed by atoms with Gasteiger partial charge in [0.1, 0.15) is 17.3 Å². The van der Waals surface area contributed by atoms with Gasteiger partial charge < -0.3 is 18.9 Å². The highest BCUT2D eigenvalue weighted by atomic mass is 16.7. The molecule has 0 aromatic heterocycles. The van der Waals surface area contributed by atoms with Crippen molar-refractivity contribution >= 4 is 0 Å². The molecule has 7 heterocycles. The van der Waals surface area contributed by atoms with Gasteiger partial charge in [-0.2, -0.15) is 0 Å². The standard InChI is InChI=1S/C11H12O4/c1-5-7-11-3-12-9(13-4-11)6(2)10(14-7)15-8(5)11/h7,9H,3-4H2,1-2H3. The Morgan fingerprint density at radius 1 is 1.13 bits per heavy atom. The van der Waals surface area contributed by atoms with Crippen LogP contribution in [-0.2, 0) is 18.9 Å². The van der Waals surface area contributed by atoms with Gasteiger partial charge in [0.05, 0.1) is 18.8 Å². The molecular formula is C11H12O4. The molecule has 4 heteroatoms. The highest BCUT2D eigenvalue weighted by Crippen LogP contribution is 2.58. The lowest BCUT2D eigenvalue weighted by Crippen LogP contribution is -2.63. The largest absolute Gasteiger partial charge is 0.456 e. The van der Waals surface area contributed by atoms with Crippen molar-refractivity contribution in [1.29, 1.82) is 0 Å².